The van der Waals surface area contributed by atoms with Crippen molar-refractivity contribution in [2.75, 3.05) is 26.7 Å². The first-order valence-corrected chi connectivity index (χ1v) is 3.30. The summed E-state index contributed by atoms with van der Waals surface area (Å²) in [5.74, 6) is 0. The molecule has 0 aliphatic rings. The molecule has 0 spiro atoms. The molecule has 0 aromatic rings. The van der Waals surface area contributed by atoms with Gasteiger partial charge in [0.25, 0.3) is 0 Å². The zero-order chi connectivity index (χ0) is 7.11. The number of hydrogen-bond donors (Lipinski definition) is 3. The summed E-state index contributed by atoms with van der Waals surface area (Å²) >= 11 is 0. The molecule has 0 aliphatic carbocycles. The Hall–Kier alpha value is -0.120. The predicted molar refractivity (Wildman–Crippen MR) is 38.5 cm³/mol. The van der Waals surface area contributed by atoms with Crippen LogP contribution in [0, 0.1) is 0 Å². The lowest BCUT2D eigenvalue weighted by Gasteiger charge is -2.04. The van der Waals surface area contributed by atoms with Gasteiger partial charge in [0.15, 0.2) is 0 Å². The molecule has 3 heteroatoms. The summed E-state index contributed by atoms with van der Waals surface area (Å²) in [7, 11) is 1.91. The zero-order valence-electron chi connectivity index (χ0n) is 6.15. The minimum absolute atomic E-state index is 0.234. The van der Waals surface area contributed by atoms with Crippen molar-refractivity contribution in [1.82, 2.24) is 10.6 Å². The summed E-state index contributed by atoms with van der Waals surface area (Å²) in [4.78, 5) is 0. The van der Waals surface area contributed by atoms with Crippen molar-refractivity contribution >= 4 is 0 Å². The first-order chi connectivity index (χ1) is 4.27. The maximum atomic E-state index is 8.77. The lowest BCUT2D eigenvalue weighted by Crippen LogP contribution is -2.30. The summed E-state index contributed by atoms with van der Waals surface area (Å²) in [6, 6.07) is 0. The van der Waals surface area contributed by atoms with E-state index in [0.29, 0.717) is 6.54 Å². The smallest absolute Gasteiger partial charge is 0.0636 e. The van der Waals surface area contributed by atoms with Gasteiger partial charge in [-0.2, -0.15) is 0 Å². The van der Waals surface area contributed by atoms with Gasteiger partial charge in [0.05, 0.1) is 6.10 Å². The fraction of sp³-hybridized carbons (Fsp3) is 1.00. The van der Waals surface area contributed by atoms with Crippen molar-refractivity contribution in [2.45, 2.75) is 13.0 Å². The van der Waals surface area contributed by atoms with Crippen LogP contribution in [0.25, 0.3) is 0 Å². The quantitative estimate of drug-likeness (QED) is 0.428. The van der Waals surface area contributed by atoms with Gasteiger partial charge in [-0.05, 0) is 14.0 Å². The van der Waals surface area contributed by atoms with E-state index in [9.17, 15) is 0 Å². The Bertz CT molecular complexity index is 57.0. The van der Waals surface area contributed by atoms with Crippen LogP contribution in [0.15, 0.2) is 0 Å². The summed E-state index contributed by atoms with van der Waals surface area (Å²) < 4.78 is 0. The fourth-order valence-electron chi connectivity index (χ4n) is 0.524. The van der Waals surface area contributed by atoms with Crippen molar-refractivity contribution in [1.29, 1.82) is 0 Å². The van der Waals surface area contributed by atoms with Crippen molar-refractivity contribution in [3.05, 3.63) is 0 Å². The number of hydrogen-bond acceptors (Lipinski definition) is 3. The van der Waals surface area contributed by atoms with E-state index in [1.165, 1.54) is 0 Å². The largest absolute Gasteiger partial charge is 0.392 e. The van der Waals surface area contributed by atoms with Gasteiger partial charge in [-0.1, -0.05) is 0 Å². The van der Waals surface area contributed by atoms with Crippen LogP contribution in [0.1, 0.15) is 6.92 Å². The van der Waals surface area contributed by atoms with E-state index in [1.807, 2.05) is 7.05 Å². The van der Waals surface area contributed by atoms with Gasteiger partial charge in [-0.15, -0.1) is 0 Å². The zero-order valence-corrected chi connectivity index (χ0v) is 6.15. The van der Waals surface area contributed by atoms with Gasteiger partial charge >= 0.3 is 0 Å². The first kappa shape index (κ1) is 8.88. The molecule has 0 radical (unpaired) electrons. The molecule has 56 valence electrons. The standard InChI is InChI=1S/C6H16N2O/c1-6(9)5-8-4-3-7-2/h6-9H,3-5H2,1-2H3/t6-/m0/s1. The van der Waals surface area contributed by atoms with Crippen LogP contribution in [0.5, 0.6) is 0 Å². The maximum Gasteiger partial charge on any atom is 0.0636 e. The minimum Gasteiger partial charge on any atom is -0.392 e. The molecule has 0 saturated heterocycles. The Morgan fingerprint density at radius 1 is 1.44 bits per heavy atom. The number of aliphatic hydroxyl groups is 1. The SMILES string of the molecule is CNCCNC[C@H](C)O. The monoisotopic (exact) mass is 132 g/mol. The minimum atomic E-state index is -0.234. The van der Waals surface area contributed by atoms with E-state index in [2.05, 4.69) is 10.6 Å². The van der Waals surface area contributed by atoms with Crippen LogP contribution < -0.4 is 10.6 Å². The molecule has 0 aromatic carbocycles. The summed E-state index contributed by atoms with van der Waals surface area (Å²) in [5.41, 5.74) is 0. The molecule has 3 nitrogen and oxygen atoms in total. The van der Waals surface area contributed by atoms with E-state index < -0.39 is 0 Å². The molecule has 0 bridgehead atoms. The van der Waals surface area contributed by atoms with Gasteiger partial charge in [0.2, 0.25) is 0 Å². The van der Waals surface area contributed by atoms with E-state index in [1.54, 1.807) is 6.92 Å². The van der Waals surface area contributed by atoms with Crippen molar-refractivity contribution < 1.29 is 5.11 Å². The van der Waals surface area contributed by atoms with Crippen LogP contribution in [0.2, 0.25) is 0 Å². The van der Waals surface area contributed by atoms with Gasteiger partial charge in [-0.25, -0.2) is 0 Å². The Labute approximate surface area is 56.5 Å². The molecule has 0 heterocycles. The second kappa shape index (κ2) is 6.01. The van der Waals surface area contributed by atoms with Crippen LogP contribution in [0.4, 0.5) is 0 Å². The lowest BCUT2D eigenvalue weighted by atomic mass is 10.4. The number of rotatable bonds is 5. The molecular weight excluding hydrogens is 116 g/mol. The maximum absolute atomic E-state index is 8.77. The van der Waals surface area contributed by atoms with E-state index >= 15 is 0 Å². The predicted octanol–water partition coefficient (Wildman–Crippen LogP) is -0.824. The molecule has 9 heavy (non-hydrogen) atoms. The molecule has 0 amide bonds. The summed E-state index contributed by atoms with van der Waals surface area (Å²) in [6.45, 7) is 4.32. The molecule has 0 saturated carbocycles. The third kappa shape index (κ3) is 7.88. The Morgan fingerprint density at radius 2 is 2.11 bits per heavy atom. The average Bonchev–Trinajstić information content (AvgIpc) is 1.80. The molecule has 0 aliphatic heterocycles. The highest BCUT2D eigenvalue weighted by Gasteiger charge is 1.91. The molecule has 0 fully saturated rings. The molecular formula is C6H16N2O. The normalized spacial score (nSPS) is 13.7. The Morgan fingerprint density at radius 3 is 2.56 bits per heavy atom. The molecule has 0 rings (SSSR count). The third-order valence-electron chi connectivity index (χ3n) is 0.992. The topological polar surface area (TPSA) is 44.3 Å². The van der Waals surface area contributed by atoms with Gasteiger partial charge in [0.1, 0.15) is 0 Å². The third-order valence-corrected chi connectivity index (χ3v) is 0.992. The average molecular weight is 132 g/mol. The van der Waals surface area contributed by atoms with Crippen molar-refractivity contribution in [2.24, 2.45) is 0 Å². The molecule has 3 N–H and O–H groups in total. The van der Waals surface area contributed by atoms with E-state index in [-0.39, 0.29) is 6.10 Å². The highest BCUT2D eigenvalue weighted by atomic mass is 16.3. The van der Waals surface area contributed by atoms with Crippen LogP contribution in [-0.4, -0.2) is 37.9 Å². The fourth-order valence-corrected chi connectivity index (χ4v) is 0.524. The molecule has 1 atom stereocenters. The highest BCUT2D eigenvalue weighted by Crippen LogP contribution is 1.72. The molecule has 0 aromatic heterocycles. The Balaban J connectivity index is 2.75. The second-order valence-corrected chi connectivity index (χ2v) is 2.16. The molecule has 0 unspecified atom stereocenters. The van der Waals surface area contributed by atoms with Crippen molar-refractivity contribution in [3.8, 4) is 0 Å². The number of nitrogens with one attached hydrogen (secondary N) is 2. The van der Waals surface area contributed by atoms with Gasteiger partial charge < -0.3 is 15.7 Å². The second-order valence-electron chi connectivity index (χ2n) is 2.16. The van der Waals surface area contributed by atoms with Gasteiger partial charge in [0, 0.05) is 19.6 Å². The highest BCUT2D eigenvalue weighted by molar-refractivity contribution is 4.52. The first-order valence-electron chi connectivity index (χ1n) is 3.30. The van der Waals surface area contributed by atoms with Crippen molar-refractivity contribution in [3.63, 3.8) is 0 Å². The van der Waals surface area contributed by atoms with E-state index in [0.717, 1.165) is 13.1 Å². The van der Waals surface area contributed by atoms with Gasteiger partial charge in [-0.3, -0.25) is 0 Å². The van der Waals surface area contributed by atoms with Crippen LogP contribution in [0.3, 0.4) is 0 Å². The lowest BCUT2D eigenvalue weighted by molar-refractivity contribution is 0.191. The number of likely N-dealkylation sites (N-methyl/N-ethyl adjacent to an activating group) is 1. The number of aliphatic hydroxyl groups excluding tert-OH is 1. The Kier molecular flexibility index (Phi) is 5.93. The van der Waals surface area contributed by atoms with Crippen LogP contribution >= 0.6 is 0 Å². The summed E-state index contributed by atoms with van der Waals surface area (Å²) in [5, 5.41) is 14.8. The van der Waals surface area contributed by atoms with E-state index in [4.69, 9.17) is 5.11 Å². The summed E-state index contributed by atoms with van der Waals surface area (Å²) in [6.07, 6.45) is -0.234. The van der Waals surface area contributed by atoms with Crippen LogP contribution in [-0.2, 0) is 0 Å².